The number of hydrogen-bond donors (Lipinski definition) is 1. The first-order valence-electron chi connectivity index (χ1n) is 9.70. The van der Waals surface area contributed by atoms with Crippen molar-refractivity contribution in [1.82, 2.24) is 5.32 Å². The first kappa shape index (κ1) is 20.8. The van der Waals surface area contributed by atoms with Crippen LogP contribution in [0.2, 0.25) is 0 Å². The van der Waals surface area contributed by atoms with Gasteiger partial charge in [-0.3, -0.25) is 4.79 Å². The van der Waals surface area contributed by atoms with Crippen LogP contribution < -0.4 is 5.32 Å². The molecule has 4 nitrogen and oxygen atoms in total. The van der Waals surface area contributed by atoms with Crippen molar-refractivity contribution in [3.63, 3.8) is 0 Å². The fourth-order valence-electron chi connectivity index (χ4n) is 2.79. The van der Waals surface area contributed by atoms with Gasteiger partial charge in [0, 0.05) is 12.2 Å². The molecule has 1 N–H and O–H groups in total. The molecule has 4 heteroatoms. The van der Waals surface area contributed by atoms with Gasteiger partial charge in [0.15, 0.2) is 0 Å². The van der Waals surface area contributed by atoms with E-state index in [0.717, 1.165) is 16.7 Å². The molecule has 0 spiro atoms. The van der Waals surface area contributed by atoms with Crippen LogP contribution in [0.5, 0.6) is 0 Å². The third-order valence-corrected chi connectivity index (χ3v) is 4.33. The van der Waals surface area contributed by atoms with Gasteiger partial charge in [-0.1, -0.05) is 91.0 Å². The van der Waals surface area contributed by atoms with Gasteiger partial charge in [0.05, 0.1) is 6.54 Å². The van der Waals surface area contributed by atoms with E-state index in [1.165, 1.54) is 12.2 Å². The standard InChI is InChI=1S/C26H23NO3/c28-25(18-16-21-10-4-1-5-11-21)27-20-24(23-14-8-3-9-15-23)30-26(29)19-17-22-12-6-2-7-13-22/h1-19,24H,20H2,(H,27,28)/b18-16+,19-17+/t24-/m1/s1. The molecule has 0 saturated carbocycles. The number of carbonyl (C=O) groups excluding carboxylic acids is 2. The van der Waals surface area contributed by atoms with Crippen LogP contribution in [-0.4, -0.2) is 18.4 Å². The molecule has 0 aliphatic carbocycles. The lowest BCUT2D eigenvalue weighted by Crippen LogP contribution is -2.29. The van der Waals surface area contributed by atoms with Crippen LogP contribution in [-0.2, 0) is 14.3 Å². The molecule has 3 rings (SSSR count). The quantitative estimate of drug-likeness (QED) is 0.438. The van der Waals surface area contributed by atoms with Gasteiger partial charge in [0.25, 0.3) is 0 Å². The lowest BCUT2D eigenvalue weighted by Gasteiger charge is -2.17. The molecular formula is C26H23NO3. The Morgan fingerprint density at radius 2 is 1.23 bits per heavy atom. The van der Waals surface area contributed by atoms with E-state index < -0.39 is 12.1 Å². The van der Waals surface area contributed by atoms with Crippen LogP contribution in [0, 0.1) is 0 Å². The molecule has 150 valence electrons. The minimum absolute atomic E-state index is 0.174. The average Bonchev–Trinajstić information content (AvgIpc) is 2.81. The van der Waals surface area contributed by atoms with Crippen molar-refractivity contribution in [2.45, 2.75) is 6.10 Å². The lowest BCUT2D eigenvalue weighted by atomic mass is 10.1. The average molecular weight is 397 g/mol. The molecule has 0 bridgehead atoms. The number of esters is 1. The largest absolute Gasteiger partial charge is 0.452 e. The van der Waals surface area contributed by atoms with Gasteiger partial charge < -0.3 is 10.1 Å². The van der Waals surface area contributed by atoms with Gasteiger partial charge in [-0.05, 0) is 28.8 Å². The molecule has 3 aromatic carbocycles. The van der Waals surface area contributed by atoms with Crippen LogP contribution in [0.25, 0.3) is 12.2 Å². The molecule has 0 aliphatic heterocycles. The Balaban J connectivity index is 1.61. The van der Waals surface area contributed by atoms with E-state index in [1.807, 2.05) is 91.0 Å². The van der Waals surface area contributed by atoms with E-state index in [1.54, 1.807) is 12.2 Å². The van der Waals surface area contributed by atoms with Crippen molar-refractivity contribution in [3.05, 3.63) is 120 Å². The normalized spacial score (nSPS) is 12.0. The van der Waals surface area contributed by atoms with Crippen LogP contribution in [0.15, 0.2) is 103 Å². The first-order chi connectivity index (χ1) is 14.7. The zero-order valence-corrected chi connectivity index (χ0v) is 16.5. The zero-order valence-electron chi connectivity index (χ0n) is 16.5. The molecule has 0 aliphatic rings. The third kappa shape index (κ3) is 6.91. The van der Waals surface area contributed by atoms with E-state index in [-0.39, 0.29) is 12.5 Å². The van der Waals surface area contributed by atoms with Crippen LogP contribution >= 0.6 is 0 Å². The molecule has 0 aromatic heterocycles. The van der Waals surface area contributed by atoms with E-state index in [2.05, 4.69) is 5.32 Å². The van der Waals surface area contributed by atoms with Crippen LogP contribution in [0.4, 0.5) is 0 Å². The van der Waals surface area contributed by atoms with Gasteiger partial charge in [0.1, 0.15) is 6.10 Å². The van der Waals surface area contributed by atoms with Crippen molar-refractivity contribution in [2.75, 3.05) is 6.54 Å². The van der Waals surface area contributed by atoms with Crippen LogP contribution in [0.1, 0.15) is 22.8 Å². The number of ether oxygens (including phenoxy) is 1. The second-order valence-corrected chi connectivity index (χ2v) is 6.57. The summed E-state index contributed by atoms with van der Waals surface area (Å²) in [5, 5.41) is 2.80. The summed E-state index contributed by atoms with van der Waals surface area (Å²) in [5.41, 5.74) is 2.65. The second-order valence-electron chi connectivity index (χ2n) is 6.57. The topological polar surface area (TPSA) is 55.4 Å². The summed E-state index contributed by atoms with van der Waals surface area (Å²) in [6.45, 7) is 0.174. The maximum absolute atomic E-state index is 12.3. The molecule has 0 saturated heterocycles. The zero-order chi connectivity index (χ0) is 21.0. The maximum Gasteiger partial charge on any atom is 0.331 e. The molecule has 3 aromatic rings. The predicted octanol–water partition coefficient (Wildman–Crippen LogP) is 4.81. The molecule has 1 atom stereocenters. The number of rotatable bonds is 8. The molecule has 0 fully saturated rings. The summed E-state index contributed by atoms with van der Waals surface area (Å²) in [4.78, 5) is 24.5. The van der Waals surface area contributed by atoms with Crippen molar-refractivity contribution in [3.8, 4) is 0 Å². The van der Waals surface area contributed by atoms with E-state index in [9.17, 15) is 9.59 Å². The number of hydrogen-bond acceptors (Lipinski definition) is 3. The lowest BCUT2D eigenvalue weighted by molar-refractivity contribution is -0.143. The molecule has 1 amide bonds. The van der Waals surface area contributed by atoms with Gasteiger partial charge in [0.2, 0.25) is 5.91 Å². The van der Waals surface area contributed by atoms with E-state index in [0.29, 0.717) is 0 Å². The van der Waals surface area contributed by atoms with Crippen molar-refractivity contribution in [1.29, 1.82) is 0 Å². The van der Waals surface area contributed by atoms with E-state index >= 15 is 0 Å². The highest BCUT2D eigenvalue weighted by Gasteiger charge is 2.16. The number of amides is 1. The smallest absolute Gasteiger partial charge is 0.331 e. The Kier molecular flexibility index (Phi) is 7.75. The van der Waals surface area contributed by atoms with Crippen molar-refractivity contribution < 1.29 is 14.3 Å². The Labute approximate surface area is 176 Å². The number of carbonyl (C=O) groups is 2. The maximum atomic E-state index is 12.3. The highest BCUT2D eigenvalue weighted by atomic mass is 16.5. The molecular weight excluding hydrogens is 374 g/mol. The summed E-state index contributed by atoms with van der Waals surface area (Å²) in [6.07, 6.45) is 5.71. The minimum atomic E-state index is -0.590. The summed E-state index contributed by atoms with van der Waals surface area (Å²) in [6, 6.07) is 28.4. The fraction of sp³-hybridized carbons (Fsp3) is 0.0769. The Bertz CT molecular complexity index is 996. The minimum Gasteiger partial charge on any atom is -0.452 e. The van der Waals surface area contributed by atoms with E-state index in [4.69, 9.17) is 4.74 Å². The Morgan fingerprint density at radius 1 is 0.733 bits per heavy atom. The van der Waals surface area contributed by atoms with Crippen molar-refractivity contribution in [2.24, 2.45) is 0 Å². The summed E-state index contributed by atoms with van der Waals surface area (Å²) in [5.74, 6) is -0.725. The van der Waals surface area contributed by atoms with Gasteiger partial charge >= 0.3 is 5.97 Å². The van der Waals surface area contributed by atoms with Gasteiger partial charge in [-0.25, -0.2) is 4.79 Å². The highest BCUT2D eigenvalue weighted by molar-refractivity contribution is 5.91. The van der Waals surface area contributed by atoms with Crippen LogP contribution in [0.3, 0.4) is 0 Å². The fourth-order valence-corrected chi connectivity index (χ4v) is 2.79. The number of benzene rings is 3. The first-order valence-corrected chi connectivity index (χ1v) is 9.70. The van der Waals surface area contributed by atoms with Gasteiger partial charge in [-0.15, -0.1) is 0 Å². The summed E-state index contributed by atoms with van der Waals surface area (Å²) < 4.78 is 5.61. The monoisotopic (exact) mass is 397 g/mol. The molecule has 0 heterocycles. The molecule has 30 heavy (non-hydrogen) atoms. The summed E-state index contributed by atoms with van der Waals surface area (Å²) in [7, 11) is 0. The molecule has 0 radical (unpaired) electrons. The summed E-state index contributed by atoms with van der Waals surface area (Å²) >= 11 is 0. The second kappa shape index (κ2) is 11.2. The Morgan fingerprint density at radius 3 is 1.80 bits per heavy atom. The third-order valence-electron chi connectivity index (χ3n) is 4.33. The van der Waals surface area contributed by atoms with Gasteiger partial charge in [-0.2, -0.15) is 0 Å². The number of nitrogens with one attached hydrogen (secondary N) is 1. The SMILES string of the molecule is O=C(/C=C/c1ccccc1)NC[C@@H](OC(=O)/C=C/c1ccccc1)c1ccccc1. The van der Waals surface area contributed by atoms with Crippen molar-refractivity contribution >= 4 is 24.0 Å². The molecule has 0 unspecified atom stereocenters. The highest BCUT2D eigenvalue weighted by Crippen LogP contribution is 2.17. The predicted molar refractivity (Wildman–Crippen MR) is 119 cm³/mol. The Hall–Kier alpha value is -3.92.